The minimum atomic E-state index is -0.629. The van der Waals surface area contributed by atoms with Crippen LogP contribution in [-0.4, -0.2) is 40.8 Å². The smallest absolute Gasteiger partial charge is 0.323 e. The summed E-state index contributed by atoms with van der Waals surface area (Å²) in [6, 6.07) is 4.93. The summed E-state index contributed by atoms with van der Waals surface area (Å²) in [7, 11) is 0. The zero-order valence-corrected chi connectivity index (χ0v) is 17.5. The van der Waals surface area contributed by atoms with E-state index in [1.165, 1.54) is 41.5 Å². The highest BCUT2D eigenvalue weighted by molar-refractivity contribution is 5.99. The number of benzene rings is 1. The SMILES string of the molecule is CC(C)(C)n1cc(NC(=O)Nc2cc(Oc3nccc(-n4ccnn4)n3)ccc2F)cn1. The van der Waals surface area contributed by atoms with Crippen molar-refractivity contribution in [1.29, 1.82) is 0 Å². The molecule has 0 aliphatic carbocycles. The number of hydrogen-bond donors (Lipinski definition) is 2. The molecule has 2 amide bonds. The Bertz CT molecular complexity index is 1230. The Labute approximate surface area is 182 Å². The number of carbonyl (C=O) groups is 1. The lowest BCUT2D eigenvalue weighted by Crippen LogP contribution is -2.22. The van der Waals surface area contributed by atoms with Gasteiger partial charge in [0, 0.05) is 24.5 Å². The number of nitrogens with one attached hydrogen (secondary N) is 2. The van der Waals surface area contributed by atoms with Crippen LogP contribution in [0.15, 0.2) is 55.2 Å². The Hall–Kier alpha value is -4.35. The zero-order chi connectivity index (χ0) is 22.7. The van der Waals surface area contributed by atoms with E-state index in [1.54, 1.807) is 23.1 Å². The molecule has 164 valence electrons. The first-order chi connectivity index (χ1) is 15.3. The van der Waals surface area contributed by atoms with Crippen LogP contribution >= 0.6 is 0 Å². The van der Waals surface area contributed by atoms with Crippen molar-refractivity contribution in [3.8, 4) is 17.6 Å². The van der Waals surface area contributed by atoms with Gasteiger partial charge in [-0.15, -0.1) is 5.10 Å². The van der Waals surface area contributed by atoms with Crippen LogP contribution < -0.4 is 15.4 Å². The van der Waals surface area contributed by atoms with Gasteiger partial charge in [0.15, 0.2) is 5.82 Å². The van der Waals surface area contributed by atoms with Gasteiger partial charge in [0.2, 0.25) is 0 Å². The number of halogens is 1. The van der Waals surface area contributed by atoms with Crippen LogP contribution in [0, 0.1) is 5.82 Å². The molecule has 12 heteroatoms. The Morgan fingerprint density at radius 1 is 1.16 bits per heavy atom. The molecule has 32 heavy (non-hydrogen) atoms. The number of aromatic nitrogens is 7. The van der Waals surface area contributed by atoms with Crippen LogP contribution in [0.4, 0.5) is 20.6 Å². The van der Waals surface area contributed by atoms with E-state index in [0.29, 0.717) is 11.5 Å². The van der Waals surface area contributed by atoms with E-state index in [2.05, 4.69) is 36.0 Å². The summed E-state index contributed by atoms with van der Waals surface area (Å²) in [4.78, 5) is 20.6. The number of hydrogen-bond acceptors (Lipinski definition) is 7. The first-order valence-electron chi connectivity index (χ1n) is 9.58. The van der Waals surface area contributed by atoms with Gasteiger partial charge >= 0.3 is 12.0 Å². The molecule has 0 bridgehead atoms. The summed E-state index contributed by atoms with van der Waals surface area (Å²) in [5.41, 5.74) is 0.167. The maximum atomic E-state index is 14.3. The molecule has 0 saturated heterocycles. The maximum absolute atomic E-state index is 14.3. The predicted octanol–water partition coefficient (Wildman–Crippen LogP) is 3.58. The van der Waals surface area contributed by atoms with Gasteiger partial charge in [-0.3, -0.25) is 4.68 Å². The third kappa shape index (κ3) is 4.86. The van der Waals surface area contributed by atoms with E-state index < -0.39 is 11.8 Å². The fourth-order valence-electron chi connectivity index (χ4n) is 2.65. The Balaban J connectivity index is 1.45. The standard InChI is InChI=1S/C20H20FN9O2/c1-20(2,3)30-12-13(11-24-30)25-18(31)26-16-10-14(4-5-15(16)21)32-19-22-7-6-17(27-19)29-9-8-23-28-29/h4-12H,1-3H3,(H2,25,26,31). The van der Waals surface area contributed by atoms with Gasteiger partial charge in [0.25, 0.3) is 0 Å². The second-order valence-electron chi connectivity index (χ2n) is 7.71. The molecule has 3 aromatic heterocycles. The number of amides is 2. The second kappa shape index (κ2) is 8.41. The molecule has 3 heterocycles. The molecule has 0 aliphatic rings. The lowest BCUT2D eigenvalue weighted by molar-refractivity contribution is 0.262. The average molecular weight is 437 g/mol. The van der Waals surface area contributed by atoms with E-state index in [4.69, 9.17) is 4.74 Å². The number of ether oxygens (including phenoxy) is 1. The highest BCUT2D eigenvalue weighted by Gasteiger charge is 2.16. The topological polar surface area (TPSA) is 125 Å². The molecule has 0 saturated carbocycles. The van der Waals surface area contributed by atoms with Crippen LogP contribution in [0.1, 0.15) is 20.8 Å². The van der Waals surface area contributed by atoms with Crippen molar-refractivity contribution in [3.05, 3.63) is 61.1 Å². The molecule has 0 spiro atoms. The fourth-order valence-corrected chi connectivity index (χ4v) is 2.65. The number of urea groups is 1. The van der Waals surface area contributed by atoms with Crippen molar-refractivity contribution in [2.45, 2.75) is 26.3 Å². The predicted molar refractivity (Wildman–Crippen MR) is 113 cm³/mol. The van der Waals surface area contributed by atoms with E-state index in [9.17, 15) is 9.18 Å². The molecule has 0 fully saturated rings. The number of carbonyl (C=O) groups excluding carboxylic acids is 1. The lowest BCUT2D eigenvalue weighted by atomic mass is 10.1. The van der Waals surface area contributed by atoms with Crippen molar-refractivity contribution in [1.82, 2.24) is 34.7 Å². The van der Waals surface area contributed by atoms with Gasteiger partial charge in [-0.25, -0.2) is 18.9 Å². The highest BCUT2D eigenvalue weighted by atomic mass is 19.1. The van der Waals surface area contributed by atoms with Crippen LogP contribution in [-0.2, 0) is 5.54 Å². The van der Waals surface area contributed by atoms with E-state index in [0.717, 1.165) is 0 Å². The number of nitrogens with zero attached hydrogens (tertiary/aromatic N) is 7. The molecular formula is C20H20FN9O2. The van der Waals surface area contributed by atoms with Crippen LogP contribution in [0.2, 0.25) is 0 Å². The van der Waals surface area contributed by atoms with Crippen molar-refractivity contribution in [2.24, 2.45) is 0 Å². The maximum Gasteiger partial charge on any atom is 0.323 e. The minimum absolute atomic E-state index is 0.0228. The minimum Gasteiger partial charge on any atom is -0.424 e. The highest BCUT2D eigenvalue weighted by Crippen LogP contribution is 2.25. The number of rotatable bonds is 5. The summed E-state index contributed by atoms with van der Waals surface area (Å²) < 4.78 is 23.0. The van der Waals surface area contributed by atoms with Crippen molar-refractivity contribution in [2.75, 3.05) is 10.6 Å². The average Bonchev–Trinajstić information content (AvgIpc) is 3.43. The van der Waals surface area contributed by atoms with Crippen molar-refractivity contribution >= 4 is 17.4 Å². The lowest BCUT2D eigenvalue weighted by Gasteiger charge is -2.18. The van der Waals surface area contributed by atoms with Crippen LogP contribution in [0.25, 0.3) is 5.82 Å². The van der Waals surface area contributed by atoms with Gasteiger partial charge in [0.1, 0.15) is 11.6 Å². The van der Waals surface area contributed by atoms with Gasteiger partial charge in [-0.2, -0.15) is 10.1 Å². The fraction of sp³-hybridized carbons (Fsp3) is 0.200. The molecule has 4 aromatic rings. The van der Waals surface area contributed by atoms with E-state index >= 15 is 0 Å². The first kappa shape index (κ1) is 20.9. The van der Waals surface area contributed by atoms with E-state index in [1.807, 2.05) is 20.8 Å². The molecule has 0 atom stereocenters. The molecule has 0 radical (unpaired) electrons. The third-order valence-electron chi connectivity index (χ3n) is 4.20. The zero-order valence-electron chi connectivity index (χ0n) is 17.5. The van der Waals surface area contributed by atoms with Gasteiger partial charge in [0.05, 0.1) is 35.5 Å². The van der Waals surface area contributed by atoms with Crippen LogP contribution in [0.5, 0.6) is 11.8 Å². The molecule has 11 nitrogen and oxygen atoms in total. The molecule has 2 N–H and O–H groups in total. The molecule has 0 unspecified atom stereocenters. The van der Waals surface area contributed by atoms with Crippen molar-refractivity contribution in [3.63, 3.8) is 0 Å². The molecule has 0 aliphatic heterocycles. The number of anilines is 2. The third-order valence-corrected chi connectivity index (χ3v) is 4.20. The van der Waals surface area contributed by atoms with Gasteiger partial charge in [-0.05, 0) is 32.9 Å². The first-order valence-corrected chi connectivity index (χ1v) is 9.58. The monoisotopic (exact) mass is 437 g/mol. The summed E-state index contributed by atoms with van der Waals surface area (Å²) in [5.74, 6) is 0.0521. The quantitative estimate of drug-likeness (QED) is 0.489. The Morgan fingerprint density at radius 3 is 2.72 bits per heavy atom. The van der Waals surface area contributed by atoms with E-state index in [-0.39, 0.29) is 23.0 Å². The molecule has 4 rings (SSSR count). The summed E-state index contributed by atoms with van der Waals surface area (Å²) in [6.45, 7) is 5.95. The van der Waals surface area contributed by atoms with Crippen molar-refractivity contribution < 1.29 is 13.9 Å². The Kier molecular flexibility index (Phi) is 5.50. The largest absolute Gasteiger partial charge is 0.424 e. The normalized spacial score (nSPS) is 11.2. The molecular weight excluding hydrogens is 417 g/mol. The summed E-state index contributed by atoms with van der Waals surface area (Å²) in [5, 5.41) is 16.9. The van der Waals surface area contributed by atoms with Gasteiger partial charge < -0.3 is 15.4 Å². The Morgan fingerprint density at radius 2 is 2.00 bits per heavy atom. The summed E-state index contributed by atoms with van der Waals surface area (Å²) in [6.07, 6.45) is 7.83. The van der Waals surface area contributed by atoms with Gasteiger partial charge in [-0.1, -0.05) is 5.21 Å². The molecule has 1 aromatic carbocycles. The van der Waals surface area contributed by atoms with Crippen LogP contribution in [0.3, 0.4) is 0 Å². The second-order valence-corrected chi connectivity index (χ2v) is 7.71. The summed E-state index contributed by atoms with van der Waals surface area (Å²) >= 11 is 0.